The molecule has 0 bridgehead atoms. The van der Waals surface area contributed by atoms with E-state index in [0.29, 0.717) is 12.1 Å². The fourth-order valence-corrected chi connectivity index (χ4v) is 4.15. The van der Waals surface area contributed by atoms with Crippen molar-refractivity contribution >= 4 is 0 Å². The third-order valence-corrected chi connectivity index (χ3v) is 5.27. The fourth-order valence-electron chi connectivity index (χ4n) is 4.15. The van der Waals surface area contributed by atoms with Crippen molar-refractivity contribution in [1.82, 2.24) is 4.90 Å². The molecule has 0 radical (unpaired) electrons. The van der Waals surface area contributed by atoms with Crippen LogP contribution in [0.4, 0.5) is 0 Å². The second kappa shape index (κ2) is 5.22. The maximum Gasteiger partial charge on any atom is 0.119 e. The van der Waals surface area contributed by atoms with E-state index in [1.165, 1.54) is 27.8 Å². The van der Waals surface area contributed by atoms with Gasteiger partial charge in [-0.25, -0.2) is 0 Å². The van der Waals surface area contributed by atoms with Crippen molar-refractivity contribution in [3.8, 4) is 16.9 Å². The summed E-state index contributed by atoms with van der Waals surface area (Å²) in [5.74, 6) is 0.929. The van der Waals surface area contributed by atoms with Crippen molar-refractivity contribution < 1.29 is 4.74 Å². The molecule has 1 fully saturated rings. The lowest BCUT2D eigenvalue weighted by Gasteiger charge is -2.16. The van der Waals surface area contributed by atoms with Crippen LogP contribution in [-0.2, 0) is 6.54 Å². The average molecular weight is 313 g/mol. The zero-order valence-electron chi connectivity index (χ0n) is 13.6. The third-order valence-electron chi connectivity index (χ3n) is 5.27. The summed E-state index contributed by atoms with van der Waals surface area (Å²) in [6.07, 6.45) is 0. The Kier molecular flexibility index (Phi) is 3.00. The van der Waals surface area contributed by atoms with E-state index < -0.39 is 0 Å². The Morgan fingerprint density at radius 3 is 2.04 bits per heavy atom. The minimum absolute atomic E-state index is 0.502. The molecular weight excluding hydrogens is 294 g/mol. The van der Waals surface area contributed by atoms with Gasteiger partial charge < -0.3 is 4.74 Å². The minimum atomic E-state index is 0.502. The first-order valence-corrected chi connectivity index (χ1v) is 8.44. The van der Waals surface area contributed by atoms with E-state index in [4.69, 9.17) is 4.74 Å². The molecule has 2 heteroatoms. The molecule has 1 aliphatic heterocycles. The summed E-state index contributed by atoms with van der Waals surface area (Å²) in [6, 6.07) is 27.1. The number of rotatable bonds is 3. The van der Waals surface area contributed by atoms with Gasteiger partial charge in [0.05, 0.1) is 19.2 Å². The standard InChI is InChI=1S/C22H19NO/c1-24-16-8-6-7-15(13-16)14-23-21-19-11-4-2-9-17(19)18-10-3-5-12-20(18)22(21)23/h2-13,21-22H,14H2,1H3/t21-,22+,23?. The summed E-state index contributed by atoms with van der Waals surface area (Å²) in [5, 5.41) is 0. The molecule has 3 aromatic rings. The molecule has 3 atom stereocenters. The summed E-state index contributed by atoms with van der Waals surface area (Å²) in [4.78, 5) is 2.58. The lowest BCUT2D eigenvalue weighted by molar-refractivity contribution is 0.412. The van der Waals surface area contributed by atoms with Gasteiger partial charge in [0.25, 0.3) is 0 Å². The Morgan fingerprint density at radius 2 is 1.42 bits per heavy atom. The molecule has 1 unspecified atom stereocenters. The first kappa shape index (κ1) is 13.8. The molecule has 1 aliphatic carbocycles. The number of ether oxygens (including phenoxy) is 1. The number of nitrogens with zero attached hydrogens (tertiary/aromatic N) is 1. The third kappa shape index (κ3) is 2.00. The van der Waals surface area contributed by atoms with E-state index in [1.54, 1.807) is 7.11 Å². The number of methoxy groups -OCH3 is 1. The van der Waals surface area contributed by atoms with Crippen molar-refractivity contribution in [3.05, 3.63) is 89.5 Å². The molecule has 5 rings (SSSR count). The van der Waals surface area contributed by atoms with E-state index in [-0.39, 0.29) is 0 Å². The van der Waals surface area contributed by atoms with Gasteiger partial charge in [0.2, 0.25) is 0 Å². The molecule has 0 aromatic heterocycles. The molecule has 1 saturated heterocycles. The first-order valence-electron chi connectivity index (χ1n) is 8.44. The summed E-state index contributed by atoms with van der Waals surface area (Å²) < 4.78 is 5.37. The number of hydrogen-bond donors (Lipinski definition) is 0. The van der Waals surface area contributed by atoms with Gasteiger partial charge in [0, 0.05) is 6.54 Å². The number of benzene rings is 3. The minimum Gasteiger partial charge on any atom is -0.497 e. The largest absolute Gasteiger partial charge is 0.497 e. The number of hydrogen-bond acceptors (Lipinski definition) is 2. The van der Waals surface area contributed by atoms with Gasteiger partial charge in [-0.3, -0.25) is 4.90 Å². The predicted molar refractivity (Wildman–Crippen MR) is 95.9 cm³/mol. The quantitative estimate of drug-likeness (QED) is 0.633. The van der Waals surface area contributed by atoms with E-state index in [2.05, 4.69) is 71.6 Å². The second-order valence-electron chi connectivity index (χ2n) is 6.59. The highest BCUT2D eigenvalue weighted by molar-refractivity contribution is 5.76. The van der Waals surface area contributed by atoms with Gasteiger partial charge >= 0.3 is 0 Å². The van der Waals surface area contributed by atoms with Crippen molar-refractivity contribution in [2.75, 3.05) is 7.11 Å². The summed E-state index contributed by atoms with van der Waals surface area (Å²) in [6.45, 7) is 0.954. The van der Waals surface area contributed by atoms with Crippen LogP contribution in [0.3, 0.4) is 0 Å². The first-order chi connectivity index (χ1) is 11.9. The molecule has 2 aliphatic rings. The molecule has 3 aromatic carbocycles. The summed E-state index contributed by atoms with van der Waals surface area (Å²) in [5.41, 5.74) is 7.01. The van der Waals surface area contributed by atoms with Gasteiger partial charge in [-0.1, -0.05) is 60.7 Å². The van der Waals surface area contributed by atoms with Crippen molar-refractivity contribution in [3.63, 3.8) is 0 Å². The SMILES string of the molecule is COc1cccc(CN2[C@@H]3c4ccccc4-c4ccccc4[C@@H]32)c1. The second-order valence-corrected chi connectivity index (χ2v) is 6.59. The Bertz CT molecular complexity index is 866. The highest BCUT2D eigenvalue weighted by Gasteiger charge is 2.53. The zero-order valence-corrected chi connectivity index (χ0v) is 13.6. The highest BCUT2D eigenvalue weighted by Crippen LogP contribution is 2.62. The van der Waals surface area contributed by atoms with Crippen LogP contribution in [-0.4, -0.2) is 12.0 Å². The molecule has 0 spiro atoms. The van der Waals surface area contributed by atoms with Crippen LogP contribution in [0.2, 0.25) is 0 Å². The van der Waals surface area contributed by atoms with E-state index in [0.717, 1.165) is 12.3 Å². The van der Waals surface area contributed by atoms with E-state index in [1.807, 2.05) is 6.07 Å². The molecule has 118 valence electrons. The smallest absolute Gasteiger partial charge is 0.119 e. The Labute approximate surface area is 142 Å². The van der Waals surface area contributed by atoms with Crippen molar-refractivity contribution in [1.29, 1.82) is 0 Å². The van der Waals surface area contributed by atoms with Crippen molar-refractivity contribution in [2.24, 2.45) is 0 Å². The molecule has 24 heavy (non-hydrogen) atoms. The van der Waals surface area contributed by atoms with E-state index in [9.17, 15) is 0 Å². The van der Waals surface area contributed by atoms with Gasteiger partial charge in [-0.2, -0.15) is 0 Å². The maximum absolute atomic E-state index is 5.37. The van der Waals surface area contributed by atoms with Crippen LogP contribution in [0.1, 0.15) is 28.8 Å². The van der Waals surface area contributed by atoms with Gasteiger partial charge in [-0.15, -0.1) is 0 Å². The van der Waals surface area contributed by atoms with Crippen LogP contribution in [0.5, 0.6) is 5.75 Å². The van der Waals surface area contributed by atoms with Crippen LogP contribution >= 0.6 is 0 Å². The molecule has 0 amide bonds. The lowest BCUT2D eigenvalue weighted by atomic mass is 9.86. The molecule has 1 heterocycles. The van der Waals surface area contributed by atoms with Gasteiger partial charge in [0.1, 0.15) is 5.75 Å². The average Bonchev–Trinajstić information content (AvgIpc) is 3.36. The van der Waals surface area contributed by atoms with Gasteiger partial charge in [-0.05, 0) is 39.9 Å². The van der Waals surface area contributed by atoms with Crippen LogP contribution in [0.25, 0.3) is 11.1 Å². The number of fused-ring (bicyclic) bond motifs is 6. The predicted octanol–water partition coefficient (Wildman–Crippen LogP) is 4.97. The Hall–Kier alpha value is -2.58. The zero-order chi connectivity index (χ0) is 16.1. The fraction of sp³-hybridized carbons (Fsp3) is 0.182. The molecule has 2 nitrogen and oxygen atoms in total. The van der Waals surface area contributed by atoms with Crippen LogP contribution in [0, 0.1) is 0 Å². The van der Waals surface area contributed by atoms with E-state index >= 15 is 0 Å². The van der Waals surface area contributed by atoms with Gasteiger partial charge in [0.15, 0.2) is 0 Å². The normalized spacial score (nSPS) is 23.0. The van der Waals surface area contributed by atoms with Crippen LogP contribution < -0.4 is 4.74 Å². The van der Waals surface area contributed by atoms with Crippen molar-refractivity contribution in [2.45, 2.75) is 18.6 Å². The molecular formula is C22H19NO. The lowest BCUT2D eigenvalue weighted by Crippen LogP contribution is -1.99. The monoisotopic (exact) mass is 313 g/mol. The Balaban J connectivity index is 1.54. The Morgan fingerprint density at radius 1 is 0.792 bits per heavy atom. The topological polar surface area (TPSA) is 12.2 Å². The highest BCUT2D eigenvalue weighted by atomic mass is 16.5. The maximum atomic E-state index is 5.37. The summed E-state index contributed by atoms with van der Waals surface area (Å²) >= 11 is 0. The molecule has 0 saturated carbocycles. The summed E-state index contributed by atoms with van der Waals surface area (Å²) in [7, 11) is 1.72. The molecule has 0 N–H and O–H groups in total. The van der Waals surface area contributed by atoms with Crippen LogP contribution in [0.15, 0.2) is 72.8 Å².